The largest absolute Gasteiger partial charge is 0.508 e. The summed E-state index contributed by atoms with van der Waals surface area (Å²) < 4.78 is 23.0. The molecule has 1 fully saturated rings. The summed E-state index contributed by atoms with van der Waals surface area (Å²) in [7, 11) is 0. The molecule has 0 aliphatic carbocycles. The minimum absolute atomic E-state index is 0.0241. The van der Waals surface area contributed by atoms with E-state index in [1.165, 1.54) is 37.3 Å². The van der Waals surface area contributed by atoms with E-state index in [-0.39, 0.29) is 46.1 Å². The summed E-state index contributed by atoms with van der Waals surface area (Å²) in [5, 5.41) is 102. The number of Topliss-reactive ketones (excluding diaryl/α,β-unsaturated/α-hetero) is 1. The molecule has 2 heterocycles. The number of phenols is 6. The molecule has 0 saturated carbocycles. The summed E-state index contributed by atoms with van der Waals surface area (Å²) >= 11 is 0. The fourth-order valence-electron chi connectivity index (χ4n) is 5.96. The van der Waals surface area contributed by atoms with Gasteiger partial charge in [-0.25, -0.2) is 0 Å². The molecule has 0 radical (unpaired) electrons. The molecule has 4 aromatic carbocycles. The second-order valence-electron chi connectivity index (χ2n) is 12.4. The fraction of sp³-hybridized carbons (Fsp3) is 0.243. The van der Waals surface area contributed by atoms with Gasteiger partial charge in [0.15, 0.2) is 22.7 Å². The van der Waals surface area contributed by atoms with Crippen molar-refractivity contribution >= 4 is 16.8 Å². The lowest BCUT2D eigenvalue weighted by molar-refractivity contribution is -0.277. The zero-order chi connectivity index (χ0) is 38.3. The summed E-state index contributed by atoms with van der Waals surface area (Å²) in [5.74, 6) is -6.05. The molecule has 16 nitrogen and oxygen atoms in total. The first-order valence-electron chi connectivity index (χ1n) is 16.0. The fourth-order valence-corrected chi connectivity index (χ4v) is 5.96. The highest BCUT2D eigenvalue weighted by molar-refractivity contribution is 6.07. The second-order valence-corrected chi connectivity index (χ2v) is 12.4. The van der Waals surface area contributed by atoms with Crippen LogP contribution < -0.4 is 14.9 Å². The predicted octanol–water partition coefficient (Wildman–Crippen LogP) is 2.44. The van der Waals surface area contributed by atoms with Crippen LogP contribution in [0.25, 0.3) is 22.3 Å². The molecule has 53 heavy (non-hydrogen) atoms. The van der Waals surface area contributed by atoms with Crippen LogP contribution in [0.2, 0.25) is 0 Å². The van der Waals surface area contributed by atoms with Gasteiger partial charge in [-0.15, -0.1) is 0 Å². The van der Waals surface area contributed by atoms with Gasteiger partial charge in [-0.05, 0) is 35.9 Å². The quantitative estimate of drug-likeness (QED) is 0.0729. The molecular formula is C37H34O16. The van der Waals surface area contributed by atoms with Gasteiger partial charge in [-0.2, -0.15) is 0 Å². The Morgan fingerprint density at radius 1 is 0.792 bits per heavy atom. The van der Waals surface area contributed by atoms with Gasteiger partial charge >= 0.3 is 0 Å². The maximum absolute atomic E-state index is 14.3. The van der Waals surface area contributed by atoms with Gasteiger partial charge in [0.1, 0.15) is 87.8 Å². The lowest BCUT2D eigenvalue weighted by Gasteiger charge is -2.39. The lowest BCUT2D eigenvalue weighted by atomic mass is 9.89. The zero-order valence-electron chi connectivity index (χ0n) is 27.7. The number of rotatable bonds is 10. The third kappa shape index (κ3) is 7.09. The molecule has 10 N–H and O–H groups in total. The lowest BCUT2D eigenvalue weighted by Crippen LogP contribution is -2.60. The Morgan fingerprint density at radius 3 is 2.19 bits per heavy atom. The first-order valence-corrected chi connectivity index (χ1v) is 16.0. The standard InChI is InChI=1S/C37H34O16/c1-15(29-23(43)11-24(44)30-25(45)12-26(52-36(29)30)17-4-7-20(40)21(41)8-17)32(46)31-22(42)9-19(10-27(31)50-14-16-2-5-18(39)6-3-16)51-37-35(49)34(48)33(47)28(13-38)53-37/h2-12,15,28,33-35,37-44,47-49H,13-14H2,1H3/t15-,28+,33+,34-,35+,37+/m0/s1. The smallest absolute Gasteiger partial charge is 0.229 e. The highest BCUT2D eigenvalue weighted by Crippen LogP contribution is 2.44. The Labute approximate surface area is 298 Å². The van der Waals surface area contributed by atoms with Crippen molar-refractivity contribution in [3.05, 3.63) is 93.6 Å². The number of benzene rings is 4. The van der Waals surface area contributed by atoms with E-state index in [1.807, 2.05) is 0 Å². The topological polar surface area (TPSA) is 277 Å². The highest BCUT2D eigenvalue weighted by atomic mass is 16.7. The van der Waals surface area contributed by atoms with Crippen LogP contribution in [0.3, 0.4) is 0 Å². The highest BCUT2D eigenvalue weighted by Gasteiger charge is 2.45. The summed E-state index contributed by atoms with van der Waals surface area (Å²) in [5.41, 5.74) is -1.24. The molecule has 16 heteroatoms. The summed E-state index contributed by atoms with van der Waals surface area (Å²) in [4.78, 5) is 27.6. The zero-order valence-corrected chi connectivity index (χ0v) is 27.7. The number of aliphatic hydroxyl groups excluding tert-OH is 4. The number of aromatic hydroxyl groups is 6. The van der Waals surface area contributed by atoms with Gasteiger partial charge in [-0.1, -0.05) is 19.1 Å². The van der Waals surface area contributed by atoms with Gasteiger partial charge in [0, 0.05) is 35.4 Å². The number of carbonyl (C=O) groups excluding carboxylic acids is 1. The van der Waals surface area contributed by atoms with Crippen LogP contribution in [0.15, 0.2) is 75.9 Å². The molecule has 1 saturated heterocycles. The van der Waals surface area contributed by atoms with Gasteiger partial charge in [0.05, 0.1) is 12.5 Å². The van der Waals surface area contributed by atoms with Crippen molar-refractivity contribution < 1.29 is 74.5 Å². The number of hydrogen-bond acceptors (Lipinski definition) is 16. The van der Waals surface area contributed by atoms with Crippen molar-refractivity contribution in [3.63, 3.8) is 0 Å². The summed E-state index contributed by atoms with van der Waals surface area (Å²) in [6.07, 6.45) is -8.24. The third-order valence-electron chi connectivity index (χ3n) is 8.82. The predicted molar refractivity (Wildman–Crippen MR) is 182 cm³/mol. The van der Waals surface area contributed by atoms with Crippen LogP contribution in [0.5, 0.6) is 46.0 Å². The van der Waals surface area contributed by atoms with E-state index in [0.29, 0.717) is 5.56 Å². The van der Waals surface area contributed by atoms with Crippen molar-refractivity contribution in [2.45, 2.75) is 50.2 Å². The van der Waals surface area contributed by atoms with Crippen LogP contribution in [-0.2, 0) is 11.3 Å². The van der Waals surface area contributed by atoms with E-state index in [4.69, 9.17) is 18.6 Å². The van der Waals surface area contributed by atoms with Crippen molar-refractivity contribution in [1.29, 1.82) is 0 Å². The van der Waals surface area contributed by atoms with E-state index < -0.39 is 94.3 Å². The minimum Gasteiger partial charge on any atom is -0.508 e. The van der Waals surface area contributed by atoms with Crippen LogP contribution in [0.4, 0.5) is 0 Å². The Kier molecular flexibility index (Phi) is 10.1. The van der Waals surface area contributed by atoms with Crippen molar-refractivity contribution in [3.8, 4) is 57.3 Å². The van der Waals surface area contributed by atoms with Crippen LogP contribution in [0.1, 0.15) is 34.3 Å². The first kappa shape index (κ1) is 36.7. The van der Waals surface area contributed by atoms with Crippen molar-refractivity contribution in [1.82, 2.24) is 0 Å². The van der Waals surface area contributed by atoms with Crippen LogP contribution in [-0.4, -0.2) is 94.2 Å². The van der Waals surface area contributed by atoms with E-state index in [2.05, 4.69) is 0 Å². The molecule has 1 aliphatic rings. The molecule has 0 spiro atoms. The number of phenolic OH excluding ortho intramolecular Hbond substituents is 6. The molecule has 0 unspecified atom stereocenters. The van der Waals surface area contributed by atoms with E-state index in [9.17, 15) is 60.7 Å². The number of hydrogen-bond donors (Lipinski definition) is 10. The molecular weight excluding hydrogens is 700 g/mol. The average Bonchev–Trinajstić information content (AvgIpc) is 3.11. The van der Waals surface area contributed by atoms with Crippen molar-refractivity contribution in [2.24, 2.45) is 0 Å². The normalized spacial score (nSPS) is 20.6. The van der Waals surface area contributed by atoms with E-state index >= 15 is 0 Å². The second kappa shape index (κ2) is 14.5. The van der Waals surface area contributed by atoms with Crippen LogP contribution in [0, 0.1) is 0 Å². The third-order valence-corrected chi connectivity index (χ3v) is 8.82. The van der Waals surface area contributed by atoms with E-state index in [1.54, 1.807) is 0 Å². The number of carbonyl (C=O) groups is 1. The molecule has 6 rings (SSSR count). The number of aliphatic hydroxyl groups is 4. The number of ether oxygens (including phenoxy) is 3. The van der Waals surface area contributed by atoms with Crippen molar-refractivity contribution in [2.75, 3.05) is 6.61 Å². The molecule has 0 amide bonds. The monoisotopic (exact) mass is 734 g/mol. The first-order chi connectivity index (χ1) is 25.2. The van der Waals surface area contributed by atoms with Gasteiger partial charge in [-0.3, -0.25) is 9.59 Å². The maximum Gasteiger partial charge on any atom is 0.229 e. The minimum atomic E-state index is -1.81. The molecule has 1 aromatic heterocycles. The van der Waals surface area contributed by atoms with E-state index in [0.717, 1.165) is 36.4 Å². The number of fused-ring (bicyclic) bond motifs is 1. The van der Waals surface area contributed by atoms with Crippen LogP contribution >= 0.6 is 0 Å². The number of ketones is 1. The Hall–Kier alpha value is -6.04. The Morgan fingerprint density at radius 2 is 1.51 bits per heavy atom. The molecule has 0 bridgehead atoms. The Balaban J connectivity index is 1.43. The molecule has 278 valence electrons. The van der Waals surface area contributed by atoms with Gasteiger partial charge in [0.25, 0.3) is 0 Å². The van der Waals surface area contributed by atoms with Gasteiger partial charge < -0.3 is 69.7 Å². The molecule has 5 aromatic rings. The SMILES string of the molecule is C[C@H](C(=O)c1c(O)cc(O[C@@H]2O[C@H](CO)[C@@H](O)[C@H](O)[C@H]2O)cc1OCc1ccc(O)cc1)c1c(O)cc(O)c2c(=O)cc(-c3ccc(O)c(O)c3)oc12. The molecule has 6 atom stereocenters. The Bertz CT molecular complexity index is 2230. The summed E-state index contributed by atoms with van der Waals surface area (Å²) in [6.45, 7) is 0.373. The molecule has 1 aliphatic heterocycles. The average molecular weight is 735 g/mol. The van der Waals surface area contributed by atoms with Gasteiger partial charge in [0.2, 0.25) is 6.29 Å². The summed E-state index contributed by atoms with van der Waals surface area (Å²) in [6, 6.07) is 13.4. The maximum atomic E-state index is 14.3.